The van der Waals surface area contributed by atoms with Crippen LogP contribution in [0.5, 0.6) is 0 Å². The highest BCUT2D eigenvalue weighted by Crippen LogP contribution is 2.26. The quantitative estimate of drug-likeness (QED) is 0.586. The van der Waals surface area contributed by atoms with E-state index in [1.165, 1.54) is 7.11 Å². The molecule has 4 nitrogen and oxygen atoms in total. The van der Waals surface area contributed by atoms with Gasteiger partial charge in [0.2, 0.25) is 0 Å². The molecule has 0 fully saturated rings. The van der Waals surface area contributed by atoms with Crippen molar-refractivity contribution in [1.29, 1.82) is 0 Å². The van der Waals surface area contributed by atoms with Gasteiger partial charge in [0.25, 0.3) is 0 Å². The number of H-pyrrole nitrogens is 1. The molecule has 0 saturated carbocycles. The van der Waals surface area contributed by atoms with E-state index in [2.05, 4.69) is 14.6 Å². The van der Waals surface area contributed by atoms with Gasteiger partial charge in [-0.05, 0) is 18.6 Å². The number of benzene rings is 1. The first-order valence-electron chi connectivity index (χ1n) is 4.75. The molecule has 1 heterocycles. The van der Waals surface area contributed by atoms with E-state index in [0.717, 1.165) is 16.5 Å². The van der Waals surface area contributed by atoms with Gasteiger partial charge in [0.15, 0.2) is 5.69 Å². The normalized spacial score (nSPS) is 10.1. The van der Waals surface area contributed by atoms with Gasteiger partial charge < -0.3 is 9.72 Å². The lowest BCUT2D eigenvalue weighted by atomic mass is 10.1. The van der Waals surface area contributed by atoms with Crippen molar-refractivity contribution in [1.82, 2.24) is 4.98 Å². The lowest BCUT2D eigenvalue weighted by molar-refractivity contribution is 0.0594. The van der Waals surface area contributed by atoms with Crippen LogP contribution in [-0.2, 0) is 4.74 Å². The van der Waals surface area contributed by atoms with Crippen LogP contribution in [0, 0.1) is 13.5 Å². The molecule has 2 rings (SSSR count). The van der Waals surface area contributed by atoms with E-state index >= 15 is 0 Å². The fraction of sp³-hybridized carbons (Fsp3) is 0.167. The van der Waals surface area contributed by atoms with Crippen LogP contribution < -0.4 is 0 Å². The van der Waals surface area contributed by atoms with Gasteiger partial charge in [0, 0.05) is 10.9 Å². The smallest absolute Gasteiger partial charge is 0.354 e. The highest BCUT2D eigenvalue weighted by atomic mass is 16.5. The molecule has 80 valence electrons. The van der Waals surface area contributed by atoms with Gasteiger partial charge >= 0.3 is 5.97 Å². The lowest BCUT2D eigenvalue weighted by Crippen LogP contribution is -2.02. The van der Waals surface area contributed by atoms with Crippen molar-refractivity contribution in [2.24, 2.45) is 0 Å². The third-order valence-electron chi connectivity index (χ3n) is 2.56. The van der Waals surface area contributed by atoms with Crippen LogP contribution in [0.3, 0.4) is 0 Å². The molecule has 0 saturated heterocycles. The summed E-state index contributed by atoms with van der Waals surface area (Å²) in [5.74, 6) is -0.391. The highest BCUT2D eigenvalue weighted by molar-refractivity contribution is 5.98. The number of carbonyl (C=O) groups is 1. The summed E-state index contributed by atoms with van der Waals surface area (Å²) in [6, 6.07) is 5.29. The van der Waals surface area contributed by atoms with Crippen LogP contribution in [0.2, 0.25) is 0 Å². The number of nitrogens with one attached hydrogen (secondary N) is 1. The fourth-order valence-electron chi connectivity index (χ4n) is 1.70. The van der Waals surface area contributed by atoms with E-state index in [1.54, 1.807) is 12.1 Å². The summed E-state index contributed by atoms with van der Waals surface area (Å²) >= 11 is 0. The second kappa shape index (κ2) is 3.70. The van der Waals surface area contributed by atoms with Gasteiger partial charge in [-0.2, -0.15) is 0 Å². The van der Waals surface area contributed by atoms with Gasteiger partial charge in [0.1, 0.15) is 5.69 Å². The first-order valence-corrected chi connectivity index (χ1v) is 4.75. The van der Waals surface area contributed by atoms with Crippen LogP contribution in [-0.4, -0.2) is 18.1 Å². The number of aromatic nitrogens is 1. The van der Waals surface area contributed by atoms with Crippen molar-refractivity contribution in [3.05, 3.63) is 40.9 Å². The SMILES string of the molecule is [C-]#[N+]c1ccc2c(C)c(C(=O)OC)[nH]c2c1. The number of esters is 1. The lowest BCUT2D eigenvalue weighted by Gasteiger charge is -1.95. The second-order valence-corrected chi connectivity index (χ2v) is 3.46. The topological polar surface area (TPSA) is 46.5 Å². The average Bonchev–Trinajstić information content (AvgIpc) is 2.65. The largest absolute Gasteiger partial charge is 0.464 e. The zero-order chi connectivity index (χ0) is 11.7. The van der Waals surface area contributed by atoms with E-state index in [9.17, 15) is 4.79 Å². The maximum absolute atomic E-state index is 11.4. The predicted molar refractivity (Wildman–Crippen MR) is 60.6 cm³/mol. The molecule has 1 aromatic carbocycles. The Morgan fingerprint density at radius 2 is 2.25 bits per heavy atom. The number of carbonyl (C=O) groups excluding carboxylic acids is 1. The van der Waals surface area contributed by atoms with Gasteiger partial charge in [-0.3, -0.25) is 0 Å². The molecular formula is C12H10N2O2. The van der Waals surface area contributed by atoms with Crippen molar-refractivity contribution < 1.29 is 9.53 Å². The predicted octanol–water partition coefficient (Wildman–Crippen LogP) is 2.81. The molecule has 0 aliphatic rings. The molecule has 0 atom stereocenters. The molecule has 0 unspecified atom stereocenters. The fourth-order valence-corrected chi connectivity index (χ4v) is 1.70. The second-order valence-electron chi connectivity index (χ2n) is 3.46. The number of ether oxygens (including phenoxy) is 1. The molecule has 0 spiro atoms. The van der Waals surface area contributed by atoms with E-state index < -0.39 is 5.97 Å². The zero-order valence-corrected chi connectivity index (χ0v) is 9.00. The van der Waals surface area contributed by atoms with Gasteiger partial charge in [-0.1, -0.05) is 12.1 Å². The molecule has 0 amide bonds. The average molecular weight is 214 g/mol. The standard InChI is InChI=1S/C12H10N2O2/c1-7-9-5-4-8(13-2)6-10(9)14-11(7)12(15)16-3/h4-6,14H,1,3H3. The van der Waals surface area contributed by atoms with Crippen molar-refractivity contribution in [3.8, 4) is 0 Å². The number of rotatable bonds is 1. The molecule has 0 aliphatic heterocycles. The minimum Gasteiger partial charge on any atom is -0.464 e. The summed E-state index contributed by atoms with van der Waals surface area (Å²) in [5.41, 5.74) is 2.62. The maximum atomic E-state index is 11.4. The van der Waals surface area contributed by atoms with Gasteiger partial charge in [0.05, 0.1) is 13.7 Å². The number of aromatic amines is 1. The number of hydrogen-bond acceptors (Lipinski definition) is 2. The Morgan fingerprint density at radius 3 is 2.88 bits per heavy atom. The zero-order valence-electron chi connectivity index (χ0n) is 9.00. The van der Waals surface area contributed by atoms with Crippen LogP contribution in [0.4, 0.5) is 5.69 Å². The molecule has 2 aromatic rings. The molecule has 0 aliphatic carbocycles. The minimum atomic E-state index is -0.391. The van der Waals surface area contributed by atoms with Gasteiger partial charge in [-0.25, -0.2) is 9.64 Å². The van der Waals surface area contributed by atoms with E-state index in [0.29, 0.717) is 11.4 Å². The van der Waals surface area contributed by atoms with Crippen LogP contribution in [0.1, 0.15) is 16.1 Å². The number of methoxy groups -OCH3 is 1. The van der Waals surface area contributed by atoms with Crippen molar-refractivity contribution in [3.63, 3.8) is 0 Å². The number of nitrogens with zero attached hydrogens (tertiary/aromatic N) is 1. The van der Waals surface area contributed by atoms with E-state index in [1.807, 2.05) is 13.0 Å². The summed E-state index contributed by atoms with van der Waals surface area (Å²) in [4.78, 5) is 17.8. The highest BCUT2D eigenvalue weighted by Gasteiger charge is 2.14. The van der Waals surface area contributed by atoms with E-state index in [4.69, 9.17) is 6.57 Å². The summed E-state index contributed by atoms with van der Waals surface area (Å²) < 4.78 is 4.67. The molecule has 0 bridgehead atoms. The molecule has 4 heteroatoms. The third kappa shape index (κ3) is 1.43. The van der Waals surface area contributed by atoms with Crippen molar-refractivity contribution >= 4 is 22.6 Å². The summed E-state index contributed by atoms with van der Waals surface area (Å²) in [7, 11) is 1.35. The third-order valence-corrected chi connectivity index (χ3v) is 2.56. The Balaban J connectivity index is 2.68. The Morgan fingerprint density at radius 1 is 1.50 bits per heavy atom. The maximum Gasteiger partial charge on any atom is 0.354 e. The van der Waals surface area contributed by atoms with Crippen LogP contribution >= 0.6 is 0 Å². The molecule has 1 N–H and O–H groups in total. The van der Waals surface area contributed by atoms with Crippen LogP contribution in [0.25, 0.3) is 15.7 Å². The molecule has 1 aromatic heterocycles. The van der Waals surface area contributed by atoms with Gasteiger partial charge in [-0.15, -0.1) is 0 Å². The van der Waals surface area contributed by atoms with Crippen LogP contribution in [0.15, 0.2) is 18.2 Å². The number of fused-ring (bicyclic) bond motifs is 1. The summed E-state index contributed by atoms with van der Waals surface area (Å²) in [6.07, 6.45) is 0. The number of aryl methyl sites for hydroxylation is 1. The Bertz CT molecular complexity index is 605. The Kier molecular flexibility index (Phi) is 2.37. The molecular weight excluding hydrogens is 204 g/mol. The molecule has 16 heavy (non-hydrogen) atoms. The summed E-state index contributed by atoms with van der Waals surface area (Å²) in [6.45, 7) is 8.77. The van der Waals surface area contributed by atoms with Crippen molar-refractivity contribution in [2.45, 2.75) is 6.92 Å². The van der Waals surface area contributed by atoms with Crippen molar-refractivity contribution in [2.75, 3.05) is 7.11 Å². The monoisotopic (exact) mass is 214 g/mol. The minimum absolute atomic E-state index is 0.391. The first kappa shape index (κ1) is 10.2. The Labute approximate surface area is 92.7 Å². The molecule has 0 radical (unpaired) electrons. The van der Waals surface area contributed by atoms with E-state index in [-0.39, 0.29) is 0 Å². The number of hydrogen-bond donors (Lipinski definition) is 1. The Hall–Kier alpha value is -2.28. The first-order chi connectivity index (χ1) is 7.67. The summed E-state index contributed by atoms with van der Waals surface area (Å²) in [5, 5.41) is 0.938.